The molecule has 0 atom stereocenters. The van der Waals surface area contributed by atoms with Gasteiger partial charge in [-0.2, -0.15) is 0 Å². The van der Waals surface area contributed by atoms with Crippen molar-refractivity contribution in [2.24, 2.45) is 0 Å². The Morgan fingerprint density at radius 1 is 1.67 bits per heavy atom. The van der Waals surface area contributed by atoms with Crippen LogP contribution in [0.15, 0.2) is 17.4 Å². The van der Waals surface area contributed by atoms with E-state index in [9.17, 15) is 4.79 Å². The van der Waals surface area contributed by atoms with E-state index < -0.39 is 5.97 Å². The first kappa shape index (κ1) is 8.99. The Balaban J connectivity index is 3.04. The molecule has 0 aliphatic carbocycles. The molecule has 0 amide bonds. The zero-order valence-corrected chi connectivity index (χ0v) is 7.59. The summed E-state index contributed by atoms with van der Waals surface area (Å²) in [5.74, 6) is -0.429. The number of hydrogen-bond acceptors (Lipinski definition) is 5. The molecule has 0 fully saturated rings. The molecule has 1 aromatic heterocycles. The normalized spacial score (nSPS) is 9.50. The molecule has 1 aromatic rings. The number of hydrogen-bond donors (Lipinski definition) is 0. The summed E-state index contributed by atoms with van der Waals surface area (Å²) in [6.45, 7) is 0. The largest absolute Gasteiger partial charge is 0.464 e. The fourth-order valence-electron chi connectivity index (χ4n) is 0.716. The van der Waals surface area contributed by atoms with Gasteiger partial charge in [0, 0.05) is 6.20 Å². The molecule has 0 radical (unpaired) electrons. The first-order valence-corrected chi connectivity index (χ1v) is 4.44. The van der Waals surface area contributed by atoms with Crippen LogP contribution < -0.4 is 0 Å². The zero-order chi connectivity index (χ0) is 8.97. The van der Waals surface area contributed by atoms with E-state index in [1.54, 1.807) is 6.20 Å². The highest BCUT2D eigenvalue weighted by Gasteiger charge is 2.11. The molecule has 1 heterocycles. The second kappa shape index (κ2) is 4.06. The molecule has 0 bridgehead atoms. The van der Waals surface area contributed by atoms with Crippen molar-refractivity contribution >= 4 is 17.7 Å². The van der Waals surface area contributed by atoms with Gasteiger partial charge in [0.05, 0.1) is 12.0 Å². The Morgan fingerprint density at radius 2 is 2.42 bits per heavy atom. The lowest BCUT2D eigenvalue weighted by Gasteiger charge is -2.01. The van der Waals surface area contributed by atoms with E-state index in [4.69, 9.17) is 0 Å². The fraction of sp³-hybridized carbons (Fsp3) is 0.286. The minimum Gasteiger partial charge on any atom is -0.464 e. The van der Waals surface area contributed by atoms with Gasteiger partial charge in [-0.15, -0.1) is 11.8 Å². The van der Waals surface area contributed by atoms with Crippen molar-refractivity contribution in [2.75, 3.05) is 13.4 Å². The minimum atomic E-state index is -0.429. The highest BCUT2D eigenvalue weighted by atomic mass is 32.2. The molecule has 5 heteroatoms. The first-order valence-electron chi connectivity index (χ1n) is 3.22. The lowest BCUT2D eigenvalue weighted by Crippen LogP contribution is -2.06. The van der Waals surface area contributed by atoms with Gasteiger partial charge >= 0.3 is 5.97 Å². The van der Waals surface area contributed by atoms with Crippen molar-refractivity contribution in [1.29, 1.82) is 0 Å². The van der Waals surface area contributed by atoms with Crippen molar-refractivity contribution in [3.05, 3.63) is 18.2 Å². The molecule has 0 spiro atoms. The van der Waals surface area contributed by atoms with Crippen LogP contribution in [0, 0.1) is 0 Å². The van der Waals surface area contributed by atoms with Gasteiger partial charge in [-0.25, -0.2) is 14.8 Å². The number of aromatic nitrogens is 2. The standard InChI is InChI=1S/C7H8N2O2S/c1-11-7(10)6-5(12-2)3-8-4-9-6/h3-4H,1-2H3. The van der Waals surface area contributed by atoms with E-state index in [0.29, 0.717) is 5.69 Å². The van der Waals surface area contributed by atoms with Crippen LogP contribution in [0.4, 0.5) is 0 Å². The lowest BCUT2D eigenvalue weighted by atomic mass is 10.4. The average Bonchev–Trinajstić information content (AvgIpc) is 2.16. The first-order chi connectivity index (χ1) is 5.79. The SMILES string of the molecule is COC(=O)c1ncncc1SC. The van der Waals surface area contributed by atoms with Gasteiger partial charge in [-0.05, 0) is 6.26 Å². The number of carbonyl (C=O) groups excluding carboxylic acids is 1. The monoisotopic (exact) mass is 184 g/mol. The maximum atomic E-state index is 11.1. The Bertz CT molecular complexity index is 290. The third kappa shape index (κ3) is 1.73. The fourth-order valence-corrected chi connectivity index (χ4v) is 1.21. The van der Waals surface area contributed by atoms with Gasteiger partial charge in [-0.1, -0.05) is 0 Å². The predicted molar refractivity (Wildman–Crippen MR) is 45.2 cm³/mol. The molecule has 0 saturated heterocycles. The predicted octanol–water partition coefficient (Wildman–Crippen LogP) is 0.985. The van der Waals surface area contributed by atoms with Gasteiger partial charge in [-0.3, -0.25) is 0 Å². The number of esters is 1. The quantitative estimate of drug-likeness (QED) is 0.506. The molecule has 4 nitrogen and oxygen atoms in total. The van der Waals surface area contributed by atoms with Gasteiger partial charge in [0.25, 0.3) is 0 Å². The molecule has 0 N–H and O–H groups in total. The lowest BCUT2D eigenvalue weighted by molar-refractivity contribution is 0.0589. The van der Waals surface area contributed by atoms with Crippen LogP contribution in [-0.2, 0) is 4.74 Å². The summed E-state index contributed by atoms with van der Waals surface area (Å²) in [6, 6.07) is 0. The highest BCUT2D eigenvalue weighted by molar-refractivity contribution is 7.98. The Labute approximate surface area is 74.4 Å². The van der Waals surface area contributed by atoms with Gasteiger partial charge in [0.1, 0.15) is 6.33 Å². The summed E-state index contributed by atoms with van der Waals surface area (Å²) < 4.78 is 4.54. The summed E-state index contributed by atoms with van der Waals surface area (Å²) in [6.07, 6.45) is 4.76. The molecule has 1 rings (SSSR count). The van der Waals surface area contributed by atoms with E-state index in [1.165, 1.54) is 25.2 Å². The summed E-state index contributed by atoms with van der Waals surface area (Å²) in [4.78, 5) is 19.4. The van der Waals surface area contributed by atoms with Crippen LogP contribution in [-0.4, -0.2) is 29.3 Å². The molecule has 0 aliphatic rings. The van der Waals surface area contributed by atoms with E-state index >= 15 is 0 Å². The van der Waals surface area contributed by atoms with Crippen molar-refractivity contribution in [3.63, 3.8) is 0 Å². The van der Waals surface area contributed by atoms with Gasteiger partial charge in [0.2, 0.25) is 0 Å². The Hall–Kier alpha value is -1.10. The van der Waals surface area contributed by atoms with Crippen LogP contribution >= 0.6 is 11.8 Å². The number of rotatable bonds is 2. The number of nitrogens with zero attached hydrogens (tertiary/aromatic N) is 2. The maximum absolute atomic E-state index is 11.1. The third-order valence-corrected chi connectivity index (χ3v) is 2.02. The Kier molecular flexibility index (Phi) is 3.04. The van der Waals surface area contributed by atoms with Crippen LogP contribution in [0.25, 0.3) is 0 Å². The second-order valence-corrected chi connectivity index (χ2v) is 2.78. The summed E-state index contributed by atoms with van der Waals surface area (Å²) in [5.41, 5.74) is 0.319. The van der Waals surface area contributed by atoms with E-state index in [-0.39, 0.29) is 0 Å². The second-order valence-electron chi connectivity index (χ2n) is 1.93. The topological polar surface area (TPSA) is 52.1 Å². The van der Waals surface area contributed by atoms with Crippen LogP contribution in [0.1, 0.15) is 10.5 Å². The Morgan fingerprint density at radius 3 is 3.00 bits per heavy atom. The van der Waals surface area contributed by atoms with E-state index in [0.717, 1.165) is 4.90 Å². The molecule has 12 heavy (non-hydrogen) atoms. The van der Waals surface area contributed by atoms with Crippen molar-refractivity contribution < 1.29 is 9.53 Å². The molecule has 0 aromatic carbocycles. The molecular formula is C7H8N2O2S. The summed E-state index contributed by atoms with van der Waals surface area (Å²) in [7, 11) is 1.33. The maximum Gasteiger partial charge on any atom is 0.357 e. The minimum absolute atomic E-state index is 0.319. The summed E-state index contributed by atoms with van der Waals surface area (Å²) in [5, 5.41) is 0. The molecule has 0 aliphatic heterocycles. The van der Waals surface area contributed by atoms with E-state index in [2.05, 4.69) is 14.7 Å². The highest BCUT2D eigenvalue weighted by Crippen LogP contribution is 2.16. The average molecular weight is 184 g/mol. The third-order valence-electron chi connectivity index (χ3n) is 1.28. The van der Waals surface area contributed by atoms with Gasteiger partial charge < -0.3 is 4.74 Å². The van der Waals surface area contributed by atoms with Crippen molar-refractivity contribution in [1.82, 2.24) is 9.97 Å². The number of methoxy groups -OCH3 is 1. The molecule has 0 unspecified atom stereocenters. The molecular weight excluding hydrogens is 176 g/mol. The van der Waals surface area contributed by atoms with Crippen molar-refractivity contribution in [3.8, 4) is 0 Å². The van der Waals surface area contributed by atoms with E-state index in [1.807, 2.05) is 6.26 Å². The molecule has 0 saturated carbocycles. The number of thioether (sulfide) groups is 1. The summed E-state index contributed by atoms with van der Waals surface area (Å²) >= 11 is 1.41. The van der Waals surface area contributed by atoms with Crippen LogP contribution in [0.2, 0.25) is 0 Å². The van der Waals surface area contributed by atoms with Crippen LogP contribution in [0.3, 0.4) is 0 Å². The van der Waals surface area contributed by atoms with Crippen molar-refractivity contribution in [2.45, 2.75) is 4.90 Å². The number of ether oxygens (including phenoxy) is 1. The van der Waals surface area contributed by atoms with Crippen LogP contribution in [0.5, 0.6) is 0 Å². The van der Waals surface area contributed by atoms with Gasteiger partial charge in [0.15, 0.2) is 5.69 Å². The number of carbonyl (C=O) groups is 1. The smallest absolute Gasteiger partial charge is 0.357 e. The zero-order valence-electron chi connectivity index (χ0n) is 6.77. The molecule has 64 valence electrons.